The number of rotatable bonds is 4. The van der Waals surface area contributed by atoms with Crippen molar-refractivity contribution in [2.45, 2.75) is 6.92 Å². The van der Waals surface area contributed by atoms with Gasteiger partial charge in [-0.3, -0.25) is 9.59 Å². The third-order valence-electron chi connectivity index (χ3n) is 4.74. The van der Waals surface area contributed by atoms with Gasteiger partial charge < -0.3 is 10.6 Å². The fourth-order valence-electron chi connectivity index (χ4n) is 3.33. The van der Waals surface area contributed by atoms with Crippen LogP contribution in [-0.4, -0.2) is 33.6 Å². The molecule has 0 aliphatic carbocycles. The summed E-state index contributed by atoms with van der Waals surface area (Å²) in [4.78, 5) is 30.2. The van der Waals surface area contributed by atoms with Crippen molar-refractivity contribution in [2.75, 3.05) is 12.4 Å². The van der Waals surface area contributed by atoms with Gasteiger partial charge in [0.1, 0.15) is 5.69 Å². The lowest BCUT2D eigenvalue weighted by atomic mass is 10.1. The van der Waals surface area contributed by atoms with Crippen molar-refractivity contribution in [1.82, 2.24) is 20.1 Å². The minimum Gasteiger partial charge on any atom is -0.355 e. The summed E-state index contributed by atoms with van der Waals surface area (Å²) in [6.45, 7) is 1.76. The Morgan fingerprint density at radius 3 is 2.55 bits per heavy atom. The number of fused-ring (bicyclic) bond motifs is 1. The van der Waals surface area contributed by atoms with Gasteiger partial charge in [-0.05, 0) is 42.8 Å². The molecule has 156 valence electrons. The Morgan fingerprint density at radius 1 is 1.03 bits per heavy atom. The van der Waals surface area contributed by atoms with Crippen LogP contribution in [0.3, 0.4) is 0 Å². The molecule has 4 aromatic rings. The first-order chi connectivity index (χ1) is 14.9. The van der Waals surface area contributed by atoms with Crippen molar-refractivity contribution in [1.29, 1.82) is 0 Å². The van der Waals surface area contributed by atoms with Gasteiger partial charge in [-0.25, -0.2) is 9.67 Å². The lowest BCUT2D eigenvalue weighted by Crippen LogP contribution is -2.23. The second kappa shape index (κ2) is 8.37. The first kappa shape index (κ1) is 20.8. The van der Waals surface area contributed by atoms with E-state index in [1.807, 2.05) is 12.1 Å². The number of anilines is 1. The maximum absolute atomic E-state index is 13.5. The zero-order valence-corrected chi connectivity index (χ0v) is 18.1. The number of carbonyl (C=O) groups excluding carboxylic acids is 2. The third kappa shape index (κ3) is 3.85. The van der Waals surface area contributed by atoms with Crippen LogP contribution in [0.1, 0.15) is 26.4 Å². The summed E-state index contributed by atoms with van der Waals surface area (Å²) in [6, 6.07) is 13.8. The van der Waals surface area contributed by atoms with E-state index in [1.54, 1.807) is 43.5 Å². The monoisotopic (exact) mass is 453 g/mol. The van der Waals surface area contributed by atoms with Gasteiger partial charge in [-0.1, -0.05) is 41.4 Å². The van der Waals surface area contributed by atoms with Crippen molar-refractivity contribution < 1.29 is 9.59 Å². The largest absolute Gasteiger partial charge is 0.355 e. The number of halogens is 2. The highest BCUT2D eigenvalue weighted by Crippen LogP contribution is 2.29. The maximum atomic E-state index is 13.5. The van der Waals surface area contributed by atoms with E-state index in [4.69, 9.17) is 23.2 Å². The molecule has 0 unspecified atom stereocenters. The Bertz CT molecular complexity index is 1330. The van der Waals surface area contributed by atoms with Gasteiger partial charge in [-0.15, -0.1) is 0 Å². The molecule has 0 bridgehead atoms. The molecule has 4 rings (SSSR count). The van der Waals surface area contributed by atoms with Crippen molar-refractivity contribution in [3.05, 3.63) is 81.6 Å². The fourth-order valence-corrected chi connectivity index (χ4v) is 3.81. The van der Waals surface area contributed by atoms with E-state index < -0.39 is 5.91 Å². The molecule has 2 aromatic carbocycles. The third-order valence-corrected chi connectivity index (χ3v) is 5.26. The van der Waals surface area contributed by atoms with Gasteiger partial charge in [0.15, 0.2) is 5.82 Å². The Labute approximate surface area is 188 Å². The quantitative estimate of drug-likeness (QED) is 0.470. The lowest BCUT2D eigenvalue weighted by Gasteiger charge is -2.15. The van der Waals surface area contributed by atoms with Crippen molar-refractivity contribution >= 4 is 51.6 Å². The van der Waals surface area contributed by atoms with E-state index >= 15 is 0 Å². The summed E-state index contributed by atoms with van der Waals surface area (Å²) < 4.78 is 1.41. The van der Waals surface area contributed by atoms with Crippen molar-refractivity contribution in [3.63, 3.8) is 0 Å². The second-order valence-corrected chi connectivity index (χ2v) is 7.61. The standard InChI is InChI=1S/C22H17Cl2N5O2/c1-12-10-13(23)11-15(21(30)25-2)18(12)27-22(31)19-14-6-3-4-8-17(14)28-29(19)20-16(24)7-5-9-26-20/h3-11H,1-2H3,(H,25,30)(H,27,31). The number of nitrogens with zero attached hydrogens (tertiary/aromatic N) is 3. The first-order valence-electron chi connectivity index (χ1n) is 9.33. The molecule has 0 spiro atoms. The van der Waals surface area contributed by atoms with Crippen LogP contribution in [0, 0.1) is 6.92 Å². The SMILES string of the molecule is CNC(=O)c1cc(Cl)cc(C)c1NC(=O)c1c2ccccc2nn1-c1ncccc1Cl. The van der Waals surface area contributed by atoms with Gasteiger partial charge in [0.2, 0.25) is 0 Å². The first-order valence-corrected chi connectivity index (χ1v) is 10.1. The van der Waals surface area contributed by atoms with Crippen LogP contribution in [0.2, 0.25) is 10.0 Å². The molecule has 2 aromatic heterocycles. The van der Waals surface area contributed by atoms with Crippen LogP contribution in [0.4, 0.5) is 5.69 Å². The number of pyridine rings is 1. The van der Waals surface area contributed by atoms with Gasteiger partial charge >= 0.3 is 0 Å². The molecule has 0 saturated heterocycles. The average molecular weight is 454 g/mol. The topological polar surface area (TPSA) is 88.9 Å². The number of amides is 2. The molecule has 0 aliphatic heterocycles. The van der Waals surface area contributed by atoms with Crippen LogP contribution >= 0.6 is 23.2 Å². The molecule has 0 fully saturated rings. The molecule has 7 nitrogen and oxygen atoms in total. The molecule has 9 heteroatoms. The molecule has 0 aliphatic rings. The summed E-state index contributed by atoms with van der Waals surface area (Å²) in [7, 11) is 1.51. The smallest absolute Gasteiger partial charge is 0.275 e. The average Bonchev–Trinajstić information content (AvgIpc) is 3.14. The molecule has 2 amide bonds. The number of benzene rings is 2. The summed E-state index contributed by atoms with van der Waals surface area (Å²) in [5, 5.41) is 11.3. The van der Waals surface area contributed by atoms with Crippen LogP contribution in [0.15, 0.2) is 54.7 Å². The predicted molar refractivity (Wildman–Crippen MR) is 121 cm³/mol. The van der Waals surface area contributed by atoms with Crippen LogP contribution in [0.25, 0.3) is 16.7 Å². The van der Waals surface area contributed by atoms with Crippen molar-refractivity contribution in [2.24, 2.45) is 0 Å². The normalized spacial score (nSPS) is 10.8. The van der Waals surface area contributed by atoms with Gasteiger partial charge in [0.05, 0.1) is 21.8 Å². The van der Waals surface area contributed by atoms with Gasteiger partial charge in [0.25, 0.3) is 11.8 Å². The van der Waals surface area contributed by atoms with Gasteiger partial charge in [-0.2, -0.15) is 5.10 Å². The Morgan fingerprint density at radius 2 is 1.81 bits per heavy atom. The Kier molecular flexibility index (Phi) is 5.63. The Balaban J connectivity index is 1.88. The Hall–Kier alpha value is -3.42. The molecule has 31 heavy (non-hydrogen) atoms. The lowest BCUT2D eigenvalue weighted by molar-refractivity contribution is 0.0964. The van der Waals surface area contributed by atoms with Gasteiger partial charge in [0, 0.05) is 23.7 Å². The van der Waals surface area contributed by atoms with Crippen LogP contribution < -0.4 is 10.6 Å². The molecule has 2 heterocycles. The molecule has 0 atom stereocenters. The summed E-state index contributed by atoms with van der Waals surface area (Å²) in [5.74, 6) is -0.511. The second-order valence-electron chi connectivity index (χ2n) is 6.76. The van der Waals surface area contributed by atoms with E-state index in [-0.39, 0.29) is 17.2 Å². The number of hydrogen-bond donors (Lipinski definition) is 2. The molecular formula is C22H17Cl2N5O2. The van der Waals surface area contributed by atoms with Crippen molar-refractivity contribution in [3.8, 4) is 5.82 Å². The van der Waals surface area contributed by atoms with Crippen LogP contribution in [0.5, 0.6) is 0 Å². The fraction of sp³-hybridized carbons (Fsp3) is 0.0909. The van der Waals surface area contributed by atoms with E-state index in [9.17, 15) is 9.59 Å². The molecular weight excluding hydrogens is 437 g/mol. The number of aromatic nitrogens is 3. The van der Waals surface area contributed by atoms with E-state index in [1.165, 1.54) is 17.8 Å². The number of hydrogen-bond acceptors (Lipinski definition) is 4. The zero-order chi connectivity index (χ0) is 22.1. The predicted octanol–water partition coefficient (Wildman–Crippen LogP) is 4.65. The highest BCUT2D eigenvalue weighted by Gasteiger charge is 2.24. The minimum absolute atomic E-state index is 0.244. The summed E-state index contributed by atoms with van der Waals surface area (Å²) in [6.07, 6.45) is 1.57. The van der Waals surface area contributed by atoms with E-state index in [0.717, 1.165) is 0 Å². The molecule has 2 N–H and O–H groups in total. The van der Waals surface area contributed by atoms with E-state index in [2.05, 4.69) is 20.7 Å². The highest BCUT2D eigenvalue weighted by atomic mass is 35.5. The zero-order valence-electron chi connectivity index (χ0n) is 16.6. The summed E-state index contributed by atoms with van der Waals surface area (Å²) in [5.41, 5.74) is 2.11. The van der Waals surface area contributed by atoms with Crippen LogP contribution in [-0.2, 0) is 0 Å². The number of nitrogens with one attached hydrogen (secondary N) is 2. The highest BCUT2D eigenvalue weighted by molar-refractivity contribution is 6.32. The molecule has 0 radical (unpaired) electrons. The summed E-state index contributed by atoms with van der Waals surface area (Å²) >= 11 is 12.5. The maximum Gasteiger partial charge on any atom is 0.275 e. The minimum atomic E-state index is -0.467. The number of carbonyl (C=O) groups is 2. The number of aryl methyl sites for hydroxylation is 1. The molecule has 0 saturated carbocycles. The van der Waals surface area contributed by atoms with E-state index in [0.29, 0.717) is 38.0 Å².